The number of nitrogens with one attached hydrogen (secondary N) is 1. The molecule has 3 rings (SSSR count). The molecule has 0 saturated carbocycles. The molecule has 0 aliphatic rings. The summed E-state index contributed by atoms with van der Waals surface area (Å²) in [5, 5.41) is 6.75. The maximum absolute atomic E-state index is 11.9. The van der Waals surface area contributed by atoms with Gasteiger partial charge in [-0.05, 0) is 25.1 Å². The molecule has 0 fully saturated rings. The zero-order chi connectivity index (χ0) is 16.1. The Balaban J connectivity index is 1.59. The average molecular weight is 309 g/mol. The average Bonchev–Trinajstić information content (AvgIpc) is 3.09. The highest BCUT2D eigenvalue weighted by atomic mass is 16.5. The minimum absolute atomic E-state index is 0.0931. The molecule has 2 aromatic heterocycles. The fraction of sp³-hybridized carbons (Fsp3) is 0.125. The van der Waals surface area contributed by atoms with Crippen molar-refractivity contribution in [1.29, 1.82) is 0 Å². The van der Waals surface area contributed by atoms with Crippen molar-refractivity contribution in [2.45, 2.75) is 6.92 Å². The number of rotatable bonds is 5. The smallest absolute Gasteiger partial charge is 0.263 e. The van der Waals surface area contributed by atoms with Crippen LogP contribution in [0.25, 0.3) is 5.82 Å². The molecule has 0 atom stereocenters. The fourth-order valence-corrected chi connectivity index (χ4v) is 1.91. The lowest BCUT2D eigenvalue weighted by Gasteiger charge is -2.08. The van der Waals surface area contributed by atoms with Crippen molar-refractivity contribution in [3.8, 4) is 11.6 Å². The van der Waals surface area contributed by atoms with E-state index < -0.39 is 0 Å². The van der Waals surface area contributed by atoms with Crippen molar-refractivity contribution in [3.05, 3.63) is 60.7 Å². The minimum atomic E-state index is -0.296. The zero-order valence-electron chi connectivity index (χ0n) is 12.5. The highest BCUT2D eigenvalue weighted by Crippen LogP contribution is 2.12. The number of carbonyl (C=O) groups is 1. The largest absolute Gasteiger partial charge is 0.484 e. The van der Waals surface area contributed by atoms with E-state index in [0.717, 1.165) is 5.56 Å². The van der Waals surface area contributed by atoms with Gasteiger partial charge in [0.1, 0.15) is 17.9 Å². The second-order valence-corrected chi connectivity index (χ2v) is 4.86. The number of nitrogens with zero attached hydrogens (tertiary/aromatic N) is 4. The Hall–Kier alpha value is -3.22. The number of ether oxygens (including phenoxy) is 1. The summed E-state index contributed by atoms with van der Waals surface area (Å²) in [7, 11) is 0. The number of anilines is 1. The number of hydrogen-bond donors (Lipinski definition) is 1. The van der Waals surface area contributed by atoms with Gasteiger partial charge in [0.2, 0.25) is 0 Å². The number of carbonyl (C=O) groups excluding carboxylic acids is 1. The molecule has 0 radical (unpaired) electrons. The third-order valence-corrected chi connectivity index (χ3v) is 3.05. The van der Waals surface area contributed by atoms with E-state index in [0.29, 0.717) is 17.4 Å². The van der Waals surface area contributed by atoms with Crippen LogP contribution in [0.15, 0.2) is 55.1 Å². The summed E-state index contributed by atoms with van der Waals surface area (Å²) in [6, 6.07) is 10.9. The third-order valence-electron chi connectivity index (χ3n) is 3.05. The summed E-state index contributed by atoms with van der Waals surface area (Å²) in [5.74, 6) is 1.31. The van der Waals surface area contributed by atoms with Crippen LogP contribution in [0, 0.1) is 6.92 Å². The van der Waals surface area contributed by atoms with Gasteiger partial charge in [-0.1, -0.05) is 17.7 Å². The molecule has 7 heteroatoms. The molecule has 1 aromatic carbocycles. The molecule has 2 heterocycles. The van der Waals surface area contributed by atoms with Crippen molar-refractivity contribution in [1.82, 2.24) is 19.7 Å². The highest BCUT2D eigenvalue weighted by molar-refractivity contribution is 5.91. The van der Waals surface area contributed by atoms with Crippen molar-refractivity contribution in [2.75, 3.05) is 11.9 Å². The van der Waals surface area contributed by atoms with E-state index in [4.69, 9.17) is 4.74 Å². The van der Waals surface area contributed by atoms with Gasteiger partial charge in [-0.3, -0.25) is 4.79 Å². The summed E-state index contributed by atoms with van der Waals surface area (Å²) in [6.07, 6.45) is 4.78. The highest BCUT2D eigenvalue weighted by Gasteiger charge is 2.07. The maximum Gasteiger partial charge on any atom is 0.263 e. The van der Waals surface area contributed by atoms with Gasteiger partial charge in [0.15, 0.2) is 12.4 Å². The fourth-order valence-electron chi connectivity index (χ4n) is 1.91. The Morgan fingerprint density at radius 2 is 2.09 bits per heavy atom. The summed E-state index contributed by atoms with van der Waals surface area (Å²) in [6.45, 7) is 1.90. The van der Waals surface area contributed by atoms with Gasteiger partial charge in [-0.2, -0.15) is 5.10 Å². The Kier molecular flexibility index (Phi) is 4.28. The van der Waals surface area contributed by atoms with Crippen molar-refractivity contribution in [3.63, 3.8) is 0 Å². The van der Waals surface area contributed by atoms with Gasteiger partial charge in [0.05, 0.1) is 0 Å². The normalized spacial score (nSPS) is 10.3. The zero-order valence-corrected chi connectivity index (χ0v) is 12.5. The van der Waals surface area contributed by atoms with E-state index in [1.54, 1.807) is 29.2 Å². The van der Waals surface area contributed by atoms with Crippen LogP contribution in [0.1, 0.15) is 5.56 Å². The first kappa shape index (κ1) is 14.7. The second kappa shape index (κ2) is 6.69. The molecule has 7 nitrogen and oxygen atoms in total. The van der Waals surface area contributed by atoms with Crippen LogP contribution in [0.5, 0.6) is 5.75 Å². The van der Waals surface area contributed by atoms with Crippen LogP contribution in [0.3, 0.4) is 0 Å². The first-order valence-corrected chi connectivity index (χ1v) is 7.02. The first-order chi connectivity index (χ1) is 11.2. The Labute approximate surface area is 133 Å². The standard InChI is InChI=1S/C16H15N5O2/c1-12-3-5-13(6-4-12)23-10-16(22)20-14-9-15(18-11-17-14)21-8-2-7-19-21/h2-9,11H,10H2,1H3,(H,17,18,20,22). The number of amides is 1. The van der Waals surface area contributed by atoms with Gasteiger partial charge < -0.3 is 10.1 Å². The molecular formula is C16H15N5O2. The molecule has 0 aliphatic heterocycles. The summed E-state index contributed by atoms with van der Waals surface area (Å²) < 4.78 is 7.01. The predicted octanol–water partition coefficient (Wildman–Crippen LogP) is 1.99. The molecular weight excluding hydrogens is 294 g/mol. The SMILES string of the molecule is Cc1ccc(OCC(=O)Nc2cc(-n3cccn3)ncn2)cc1. The van der Waals surface area contributed by atoms with Crippen LogP contribution in [-0.4, -0.2) is 32.3 Å². The summed E-state index contributed by atoms with van der Waals surface area (Å²) in [5.41, 5.74) is 1.13. The Morgan fingerprint density at radius 3 is 2.83 bits per heavy atom. The van der Waals surface area contributed by atoms with Crippen molar-refractivity contribution >= 4 is 11.7 Å². The van der Waals surface area contributed by atoms with Gasteiger partial charge >= 0.3 is 0 Å². The van der Waals surface area contributed by atoms with Crippen LogP contribution < -0.4 is 10.1 Å². The van der Waals surface area contributed by atoms with E-state index in [9.17, 15) is 4.79 Å². The molecule has 1 amide bonds. The van der Waals surface area contributed by atoms with E-state index in [-0.39, 0.29) is 12.5 Å². The van der Waals surface area contributed by atoms with E-state index >= 15 is 0 Å². The molecule has 0 bridgehead atoms. The molecule has 0 aliphatic carbocycles. The van der Waals surface area contributed by atoms with Gasteiger partial charge in [0.25, 0.3) is 5.91 Å². The minimum Gasteiger partial charge on any atom is -0.484 e. The summed E-state index contributed by atoms with van der Waals surface area (Å²) in [4.78, 5) is 20.0. The monoisotopic (exact) mass is 309 g/mol. The molecule has 0 spiro atoms. The van der Waals surface area contributed by atoms with E-state index in [2.05, 4.69) is 20.4 Å². The van der Waals surface area contributed by atoms with Gasteiger partial charge in [0, 0.05) is 18.5 Å². The molecule has 23 heavy (non-hydrogen) atoms. The molecule has 116 valence electrons. The lowest BCUT2D eigenvalue weighted by atomic mass is 10.2. The number of hydrogen-bond acceptors (Lipinski definition) is 5. The third kappa shape index (κ3) is 3.91. The molecule has 0 unspecified atom stereocenters. The molecule has 1 N–H and O–H groups in total. The Bertz CT molecular complexity index is 784. The molecule has 0 saturated heterocycles. The quantitative estimate of drug-likeness (QED) is 0.779. The van der Waals surface area contributed by atoms with Crippen LogP contribution in [0.4, 0.5) is 5.82 Å². The van der Waals surface area contributed by atoms with Crippen molar-refractivity contribution < 1.29 is 9.53 Å². The topological polar surface area (TPSA) is 81.9 Å². The first-order valence-electron chi connectivity index (χ1n) is 7.02. The number of benzene rings is 1. The lowest BCUT2D eigenvalue weighted by molar-refractivity contribution is -0.118. The van der Waals surface area contributed by atoms with Crippen LogP contribution in [0.2, 0.25) is 0 Å². The van der Waals surface area contributed by atoms with Crippen LogP contribution in [-0.2, 0) is 4.79 Å². The second-order valence-electron chi connectivity index (χ2n) is 4.86. The van der Waals surface area contributed by atoms with Gasteiger partial charge in [-0.25, -0.2) is 14.6 Å². The van der Waals surface area contributed by atoms with Crippen molar-refractivity contribution in [2.24, 2.45) is 0 Å². The number of aromatic nitrogens is 4. The predicted molar refractivity (Wildman–Crippen MR) is 84.5 cm³/mol. The van der Waals surface area contributed by atoms with E-state index in [1.165, 1.54) is 6.33 Å². The van der Waals surface area contributed by atoms with E-state index in [1.807, 2.05) is 31.2 Å². The van der Waals surface area contributed by atoms with Crippen LogP contribution >= 0.6 is 0 Å². The van der Waals surface area contributed by atoms with Gasteiger partial charge in [-0.15, -0.1) is 0 Å². The Morgan fingerprint density at radius 1 is 1.26 bits per heavy atom. The molecule has 3 aromatic rings. The number of aryl methyl sites for hydroxylation is 1. The lowest BCUT2D eigenvalue weighted by Crippen LogP contribution is -2.21. The maximum atomic E-state index is 11.9. The summed E-state index contributed by atoms with van der Waals surface area (Å²) >= 11 is 0.